The van der Waals surface area contributed by atoms with E-state index >= 15 is 0 Å². The fourth-order valence-electron chi connectivity index (χ4n) is 2.06. The van der Waals surface area contributed by atoms with E-state index in [2.05, 4.69) is 10.5 Å². The number of nitrogens with one attached hydrogen (secondary N) is 1. The van der Waals surface area contributed by atoms with E-state index in [1.54, 1.807) is 19.9 Å². The maximum atomic E-state index is 12.3. The van der Waals surface area contributed by atoms with Crippen molar-refractivity contribution in [2.75, 3.05) is 0 Å². The highest BCUT2D eigenvalue weighted by atomic mass is 16.5. The number of nitrogens with zero attached hydrogens (tertiary/aromatic N) is 1. The molecule has 1 N–H and O–H groups in total. The van der Waals surface area contributed by atoms with E-state index < -0.39 is 17.9 Å². The van der Waals surface area contributed by atoms with Crippen LogP contribution in [-0.4, -0.2) is 23.1 Å². The molecule has 7 nitrogen and oxygen atoms in total. The van der Waals surface area contributed by atoms with Crippen LogP contribution < -0.4 is 5.32 Å². The highest BCUT2D eigenvalue weighted by Crippen LogP contribution is 2.15. The molecule has 0 aliphatic rings. The zero-order chi connectivity index (χ0) is 17.0. The molecule has 2 aromatic rings. The maximum absolute atomic E-state index is 12.3. The molecule has 2 aromatic heterocycles. The molecule has 2 rings (SSSR count). The lowest BCUT2D eigenvalue weighted by Gasteiger charge is -2.20. The molecule has 0 aliphatic heterocycles. The lowest BCUT2D eigenvalue weighted by Crippen LogP contribution is -2.45. The summed E-state index contributed by atoms with van der Waals surface area (Å²) in [6.45, 7) is 7.23. The number of aryl methyl sites for hydroxylation is 2. The van der Waals surface area contributed by atoms with Crippen LogP contribution in [0.4, 0.5) is 0 Å². The molecule has 0 bridgehead atoms. The van der Waals surface area contributed by atoms with E-state index in [0.717, 1.165) is 5.56 Å². The quantitative estimate of drug-likeness (QED) is 0.821. The number of amides is 1. The van der Waals surface area contributed by atoms with Crippen molar-refractivity contribution in [3.63, 3.8) is 0 Å². The fraction of sp³-hybridized carbons (Fsp3) is 0.438. The number of hydrogen-bond donors (Lipinski definition) is 1. The monoisotopic (exact) mass is 320 g/mol. The Morgan fingerprint density at radius 1 is 1.35 bits per heavy atom. The summed E-state index contributed by atoms with van der Waals surface area (Å²) in [5.74, 6) is -0.348. The van der Waals surface area contributed by atoms with Gasteiger partial charge in [0.15, 0.2) is 5.76 Å². The first-order chi connectivity index (χ1) is 10.9. The highest BCUT2D eigenvalue weighted by Gasteiger charge is 2.27. The van der Waals surface area contributed by atoms with E-state index in [0.29, 0.717) is 11.5 Å². The first kappa shape index (κ1) is 16.8. The van der Waals surface area contributed by atoms with Crippen LogP contribution >= 0.6 is 0 Å². The van der Waals surface area contributed by atoms with Gasteiger partial charge in [0.25, 0.3) is 5.91 Å². The van der Waals surface area contributed by atoms with Crippen LogP contribution in [0.3, 0.4) is 0 Å². The minimum absolute atomic E-state index is 0.0554. The van der Waals surface area contributed by atoms with Crippen LogP contribution in [0.5, 0.6) is 0 Å². The highest BCUT2D eigenvalue weighted by molar-refractivity contribution is 5.94. The van der Waals surface area contributed by atoms with Crippen molar-refractivity contribution < 1.29 is 23.3 Å². The van der Waals surface area contributed by atoms with Gasteiger partial charge in [0.05, 0.1) is 17.5 Å². The molecule has 124 valence electrons. The summed E-state index contributed by atoms with van der Waals surface area (Å²) in [6.07, 6.45) is 1.40. The lowest BCUT2D eigenvalue weighted by molar-refractivity contribution is -0.148. The van der Waals surface area contributed by atoms with Crippen molar-refractivity contribution >= 4 is 11.9 Å². The topological polar surface area (TPSA) is 94.6 Å². The van der Waals surface area contributed by atoms with Gasteiger partial charge < -0.3 is 19.0 Å². The van der Waals surface area contributed by atoms with Crippen LogP contribution in [0.2, 0.25) is 0 Å². The van der Waals surface area contributed by atoms with E-state index in [9.17, 15) is 9.59 Å². The number of furan rings is 1. The molecule has 1 unspecified atom stereocenters. The summed E-state index contributed by atoms with van der Waals surface area (Å²) >= 11 is 0. The third-order valence-corrected chi connectivity index (χ3v) is 3.49. The molecule has 1 atom stereocenters. The molecular formula is C16H20N2O5. The predicted molar refractivity (Wildman–Crippen MR) is 80.6 cm³/mol. The van der Waals surface area contributed by atoms with E-state index in [1.165, 1.54) is 12.3 Å². The van der Waals surface area contributed by atoms with Gasteiger partial charge in [-0.1, -0.05) is 19.0 Å². The Labute approximate surface area is 134 Å². The zero-order valence-corrected chi connectivity index (χ0v) is 13.6. The van der Waals surface area contributed by atoms with Gasteiger partial charge >= 0.3 is 5.97 Å². The third-order valence-electron chi connectivity index (χ3n) is 3.49. The summed E-state index contributed by atoms with van der Waals surface area (Å²) in [7, 11) is 0. The number of rotatable bonds is 6. The van der Waals surface area contributed by atoms with Crippen molar-refractivity contribution in [3.8, 4) is 0 Å². The second-order valence-electron chi connectivity index (χ2n) is 5.58. The normalized spacial score (nSPS) is 12.2. The third kappa shape index (κ3) is 4.00. The largest absolute Gasteiger partial charge is 0.459 e. The van der Waals surface area contributed by atoms with Crippen LogP contribution in [0.25, 0.3) is 0 Å². The predicted octanol–water partition coefficient (Wildman–Crippen LogP) is 2.38. The van der Waals surface area contributed by atoms with Gasteiger partial charge in [-0.25, -0.2) is 4.79 Å². The number of carbonyl (C=O) groups is 2. The Hall–Kier alpha value is -2.57. The Morgan fingerprint density at radius 2 is 2.09 bits per heavy atom. The Bertz CT molecular complexity index is 653. The van der Waals surface area contributed by atoms with Crippen molar-refractivity contribution in [1.82, 2.24) is 10.5 Å². The number of aromatic nitrogens is 1. The summed E-state index contributed by atoms with van der Waals surface area (Å²) in [6, 6.07) is 2.37. The second kappa shape index (κ2) is 7.13. The maximum Gasteiger partial charge on any atom is 0.329 e. The number of hydrogen-bond acceptors (Lipinski definition) is 6. The molecule has 0 saturated heterocycles. The minimum atomic E-state index is -0.770. The second-order valence-corrected chi connectivity index (χ2v) is 5.58. The van der Waals surface area contributed by atoms with Gasteiger partial charge in [0.2, 0.25) is 0 Å². The van der Waals surface area contributed by atoms with Crippen LogP contribution in [-0.2, 0) is 16.1 Å². The van der Waals surface area contributed by atoms with Gasteiger partial charge in [-0.3, -0.25) is 4.79 Å². The molecule has 23 heavy (non-hydrogen) atoms. The van der Waals surface area contributed by atoms with Crippen LogP contribution in [0.15, 0.2) is 27.3 Å². The molecular weight excluding hydrogens is 300 g/mol. The van der Waals surface area contributed by atoms with Crippen molar-refractivity contribution in [1.29, 1.82) is 0 Å². The average Bonchev–Trinajstić information content (AvgIpc) is 3.13. The summed E-state index contributed by atoms with van der Waals surface area (Å²) in [5, 5.41) is 6.44. The zero-order valence-electron chi connectivity index (χ0n) is 13.6. The lowest BCUT2D eigenvalue weighted by atomic mass is 10.0. The van der Waals surface area contributed by atoms with Crippen LogP contribution in [0, 0.1) is 19.8 Å². The molecule has 1 amide bonds. The molecule has 0 saturated carbocycles. The van der Waals surface area contributed by atoms with Gasteiger partial charge in [0.1, 0.15) is 18.4 Å². The first-order valence-electron chi connectivity index (χ1n) is 7.33. The smallest absolute Gasteiger partial charge is 0.329 e. The van der Waals surface area contributed by atoms with Crippen molar-refractivity contribution in [2.24, 2.45) is 5.92 Å². The number of ether oxygens (including phenoxy) is 1. The summed E-state index contributed by atoms with van der Waals surface area (Å²) in [4.78, 5) is 24.3. The molecule has 0 aliphatic carbocycles. The minimum Gasteiger partial charge on any atom is -0.459 e. The van der Waals surface area contributed by atoms with Crippen molar-refractivity contribution in [3.05, 3.63) is 41.2 Å². The molecule has 0 spiro atoms. The van der Waals surface area contributed by atoms with E-state index in [4.69, 9.17) is 13.7 Å². The Morgan fingerprint density at radius 3 is 2.61 bits per heavy atom. The SMILES string of the molecule is Cc1noc(C)c1COC(=O)C(NC(=O)c1ccco1)C(C)C. The standard InChI is InChI=1S/C16H20N2O5/c1-9(2)14(17-15(19)13-6-5-7-21-13)16(20)22-8-12-10(3)18-23-11(12)4/h5-7,9,14H,8H2,1-4H3,(H,17,19). The van der Waals surface area contributed by atoms with Crippen LogP contribution in [0.1, 0.15) is 41.4 Å². The van der Waals surface area contributed by atoms with E-state index in [-0.39, 0.29) is 18.3 Å². The van der Waals surface area contributed by atoms with E-state index in [1.807, 2.05) is 13.8 Å². The molecule has 7 heteroatoms. The summed E-state index contributed by atoms with van der Waals surface area (Å²) < 4.78 is 15.4. The molecule has 0 aromatic carbocycles. The number of esters is 1. The Balaban J connectivity index is 2.00. The number of carbonyl (C=O) groups excluding carboxylic acids is 2. The fourth-order valence-corrected chi connectivity index (χ4v) is 2.06. The Kier molecular flexibility index (Phi) is 5.20. The molecule has 0 radical (unpaired) electrons. The van der Waals surface area contributed by atoms with Gasteiger partial charge in [-0.2, -0.15) is 0 Å². The molecule has 2 heterocycles. The average molecular weight is 320 g/mol. The summed E-state index contributed by atoms with van der Waals surface area (Å²) in [5.41, 5.74) is 1.41. The van der Waals surface area contributed by atoms with Gasteiger partial charge in [0, 0.05) is 0 Å². The van der Waals surface area contributed by atoms with Crippen molar-refractivity contribution in [2.45, 2.75) is 40.3 Å². The first-order valence-corrected chi connectivity index (χ1v) is 7.33. The molecule has 0 fully saturated rings. The van der Waals surface area contributed by atoms with Gasteiger partial charge in [-0.15, -0.1) is 0 Å². The van der Waals surface area contributed by atoms with Gasteiger partial charge in [-0.05, 0) is 31.9 Å².